The smallest absolute Gasteiger partial charge is 0.0554 e. The molecule has 0 unspecified atom stereocenters. The number of fused-ring (bicyclic) bond motifs is 9. The molecule has 0 aliphatic carbocycles. The Morgan fingerprint density at radius 3 is 1.65 bits per heavy atom. The lowest BCUT2D eigenvalue weighted by Gasteiger charge is -2.27. The van der Waals surface area contributed by atoms with Gasteiger partial charge >= 0.3 is 0 Å². The molecule has 3 heterocycles. The second kappa shape index (κ2) is 11.9. The SMILES string of the molecule is c1cc(-c2cccc3c2sc2ccccc23)cc(N(c2ccc(-c3cccc4sc5ccccc5c34)cc2)c2cccc3sc4ccccc4c23)c1. The zero-order valence-corrected chi connectivity index (χ0v) is 30.4. The van der Waals surface area contributed by atoms with Crippen molar-refractivity contribution in [3.8, 4) is 22.3 Å². The molecule has 0 bridgehead atoms. The number of nitrogens with zero attached hydrogens (tertiary/aromatic N) is 1. The monoisotopic (exact) mass is 715 g/mol. The van der Waals surface area contributed by atoms with E-state index in [9.17, 15) is 0 Å². The fraction of sp³-hybridized carbons (Fsp3) is 0. The summed E-state index contributed by atoms with van der Waals surface area (Å²) in [6.45, 7) is 0. The summed E-state index contributed by atoms with van der Waals surface area (Å²) in [6.07, 6.45) is 0. The van der Waals surface area contributed by atoms with Crippen LogP contribution < -0.4 is 4.90 Å². The molecular weight excluding hydrogens is 687 g/mol. The highest BCUT2D eigenvalue weighted by molar-refractivity contribution is 7.27. The zero-order chi connectivity index (χ0) is 34.2. The van der Waals surface area contributed by atoms with Crippen molar-refractivity contribution >= 4 is 112 Å². The van der Waals surface area contributed by atoms with E-state index in [2.05, 4.69) is 181 Å². The molecule has 52 heavy (non-hydrogen) atoms. The third kappa shape index (κ3) is 4.65. The van der Waals surface area contributed by atoms with E-state index >= 15 is 0 Å². The molecule has 11 aromatic rings. The maximum absolute atomic E-state index is 2.46. The maximum Gasteiger partial charge on any atom is 0.0554 e. The van der Waals surface area contributed by atoms with Crippen LogP contribution in [0.25, 0.3) is 82.8 Å². The van der Waals surface area contributed by atoms with Gasteiger partial charge in [-0.2, -0.15) is 0 Å². The van der Waals surface area contributed by atoms with Crippen molar-refractivity contribution in [2.75, 3.05) is 4.90 Å². The summed E-state index contributed by atoms with van der Waals surface area (Å²) in [5.74, 6) is 0. The Bertz CT molecular complexity index is 3140. The van der Waals surface area contributed by atoms with E-state index in [4.69, 9.17) is 0 Å². The third-order valence-corrected chi connectivity index (χ3v) is 13.8. The first-order valence-corrected chi connectivity index (χ1v) is 20.0. The molecule has 0 amide bonds. The van der Waals surface area contributed by atoms with E-state index in [0.29, 0.717) is 0 Å². The van der Waals surface area contributed by atoms with Crippen LogP contribution in [0.2, 0.25) is 0 Å². The van der Waals surface area contributed by atoms with Gasteiger partial charge in [0.1, 0.15) is 0 Å². The topological polar surface area (TPSA) is 3.24 Å². The van der Waals surface area contributed by atoms with Crippen LogP contribution in [0.1, 0.15) is 0 Å². The van der Waals surface area contributed by atoms with Crippen LogP contribution in [-0.4, -0.2) is 0 Å². The number of rotatable bonds is 5. The van der Waals surface area contributed by atoms with E-state index in [1.165, 1.54) is 88.5 Å². The Kier molecular flexibility index (Phi) is 6.84. The van der Waals surface area contributed by atoms with Gasteiger partial charge in [0.25, 0.3) is 0 Å². The van der Waals surface area contributed by atoms with Crippen molar-refractivity contribution in [1.82, 2.24) is 0 Å². The van der Waals surface area contributed by atoms with Crippen molar-refractivity contribution < 1.29 is 0 Å². The highest BCUT2D eigenvalue weighted by Crippen LogP contribution is 2.47. The second-order valence-electron chi connectivity index (χ2n) is 13.2. The molecule has 0 atom stereocenters. The lowest BCUT2D eigenvalue weighted by molar-refractivity contribution is 1.30. The van der Waals surface area contributed by atoms with E-state index in [1.807, 2.05) is 34.0 Å². The molecule has 0 aliphatic heterocycles. The Balaban J connectivity index is 1.11. The van der Waals surface area contributed by atoms with Crippen LogP contribution in [0.4, 0.5) is 17.1 Å². The fourth-order valence-corrected chi connectivity index (χ4v) is 11.5. The van der Waals surface area contributed by atoms with Crippen LogP contribution >= 0.6 is 34.0 Å². The number of thiophene rings is 3. The highest BCUT2D eigenvalue weighted by Gasteiger charge is 2.20. The van der Waals surface area contributed by atoms with Gasteiger partial charge in [0, 0.05) is 71.9 Å². The van der Waals surface area contributed by atoms with E-state index < -0.39 is 0 Å². The first kappa shape index (κ1) is 29.9. The van der Waals surface area contributed by atoms with Gasteiger partial charge in [-0.1, -0.05) is 115 Å². The summed E-state index contributed by atoms with van der Waals surface area (Å²) in [4.78, 5) is 2.46. The van der Waals surface area contributed by atoms with Crippen LogP contribution in [0.5, 0.6) is 0 Å². The average molecular weight is 716 g/mol. The maximum atomic E-state index is 2.46. The molecule has 0 radical (unpaired) electrons. The molecule has 4 heteroatoms. The zero-order valence-electron chi connectivity index (χ0n) is 27.9. The van der Waals surface area contributed by atoms with Gasteiger partial charge in [-0.25, -0.2) is 0 Å². The standard InChI is InChI=1S/C48H29NS3/c1-4-20-41-36(13-1)37-18-8-17-35(48(37)52-41)31-11-7-12-33(29-31)49(40-19-10-24-45-47(40)39-15-3-6-22-43(39)51-45)32-27-25-30(26-28-32)34-16-9-23-44-46(34)38-14-2-5-21-42(38)50-44/h1-29H. The first-order chi connectivity index (χ1) is 25.8. The molecule has 0 aliphatic rings. The quantitative estimate of drug-likeness (QED) is 0.171. The van der Waals surface area contributed by atoms with Gasteiger partial charge in [-0.15, -0.1) is 34.0 Å². The third-order valence-electron chi connectivity index (χ3n) is 10.3. The number of hydrogen-bond acceptors (Lipinski definition) is 4. The fourth-order valence-electron chi connectivity index (χ4n) is 7.96. The lowest BCUT2D eigenvalue weighted by Crippen LogP contribution is -2.10. The van der Waals surface area contributed by atoms with E-state index in [1.54, 1.807) is 0 Å². The van der Waals surface area contributed by atoms with Gasteiger partial charge in [0.15, 0.2) is 0 Å². The van der Waals surface area contributed by atoms with Crippen LogP contribution in [0.3, 0.4) is 0 Å². The molecule has 8 aromatic carbocycles. The predicted molar refractivity (Wildman–Crippen MR) is 231 cm³/mol. The summed E-state index contributed by atoms with van der Waals surface area (Å²) in [5.41, 5.74) is 8.44. The molecular formula is C48H29NS3. The van der Waals surface area contributed by atoms with Gasteiger partial charge in [0.2, 0.25) is 0 Å². The molecule has 0 N–H and O–H groups in total. The molecule has 3 aromatic heterocycles. The van der Waals surface area contributed by atoms with Gasteiger partial charge in [-0.05, 0) is 82.9 Å². The number of anilines is 3. The van der Waals surface area contributed by atoms with Crippen molar-refractivity contribution in [3.63, 3.8) is 0 Å². The lowest BCUT2D eigenvalue weighted by atomic mass is 9.98. The average Bonchev–Trinajstić information content (AvgIpc) is 3.90. The minimum absolute atomic E-state index is 1.13. The minimum Gasteiger partial charge on any atom is -0.310 e. The molecule has 0 saturated heterocycles. The van der Waals surface area contributed by atoms with Gasteiger partial charge < -0.3 is 4.90 Å². The van der Waals surface area contributed by atoms with Gasteiger partial charge in [0.05, 0.1) is 5.69 Å². The number of hydrogen-bond donors (Lipinski definition) is 0. The van der Waals surface area contributed by atoms with Gasteiger partial charge in [-0.3, -0.25) is 0 Å². The highest BCUT2D eigenvalue weighted by atomic mass is 32.1. The molecule has 0 saturated carbocycles. The summed E-state index contributed by atoms with van der Waals surface area (Å²) in [5, 5.41) is 7.89. The minimum atomic E-state index is 1.13. The summed E-state index contributed by atoms with van der Waals surface area (Å²) < 4.78 is 7.91. The Morgan fingerprint density at radius 2 is 0.885 bits per heavy atom. The molecule has 0 spiro atoms. The Labute approximate surface area is 312 Å². The summed E-state index contributed by atoms with van der Waals surface area (Å²) >= 11 is 5.62. The normalized spacial score (nSPS) is 11.8. The first-order valence-electron chi connectivity index (χ1n) is 17.5. The van der Waals surface area contributed by atoms with Crippen LogP contribution in [-0.2, 0) is 0 Å². The molecule has 11 rings (SSSR count). The second-order valence-corrected chi connectivity index (χ2v) is 16.5. The van der Waals surface area contributed by atoms with Crippen molar-refractivity contribution in [3.05, 3.63) is 176 Å². The van der Waals surface area contributed by atoms with E-state index in [-0.39, 0.29) is 0 Å². The van der Waals surface area contributed by atoms with Crippen molar-refractivity contribution in [2.45, 2.75) is 0 Å². The predicted octanol–water partition coefficient (Wildman–Crippen LogP) is 15.6. The van der Waals surface area contributed by atoms with Crippen molar-refractivity contribution in [1.29, 1.82) is 0 Å². The number of benzene rings is 8. The summed E-state index contributed by atoms with van der Waals surface area (Å²) in [7, 11) is 0. The van der Waals surface area contributed by atoms with Crippen molar-refractivity contribution in [2.24, 2.45) is 0 Å². The molecule has 244 valence electrons. The Hall–Kier alpha value is -5.78. The molecule has 1 nitrogen and oxygen atoms in total. The van der Waals surface area contributed by atoms with E-state index in [0.717, 1.165) is 11.4 Å². The largest absolute Gasteiger partial charge is 0.310 e. The molecule has 0 fully saturated rings. The van der Waals surface area contributed by atoms with Crippen LogP contribution in [0, 0.1) is 0 Å². The summed E-state index contributed by atoms with van der Waals surface area (Å²) in [6, 6.07) is 64.9. The van der Waals surface area contributed by atoms with Crippen LogP contribution in [0.15, 0.2) is 176 Å². The Morgan fingerprint density at radius 1 is 0.327 bits per heavy atom.